The molecular formula is C16H25N5O6P+. The predicted molar refractivity (Wildman–Crippen MR) is 102 cm³/mol. The van der Waals surface area contributed by atoms with Crippen molar-refractivity contribution in [3.8, 4) is 0 Å². The number of carbonyl (C=O) groups excluding carboxylic acids is 1. The molecule has 0 radical (unpaired) electrons. The summed E-state index contributed by atoms with van der Waals surface area (Å²) in [5, 5.41) is 11.9. The number of aromatic amines is 1. The second-order valence-electron chi connectivity index (χ2n) is 6.82. The molecule has 0 aliphatic heterocycles. The van der Waals surface area contributed by atoms with Crippen LogP contribution in [0.3, 0.4) is 0 Å². The Labute approximate surface area is 162 Å². The van der Waals surface area contributed by atoms with Crippen molar-refractivity contribution in [2.75, 3.05) is 19.0 Å². The van der Waals surface area contributed by atoms with E-state index in [0.29, 0.717) is 5.65 Å². The van der Waals surface area contributed by atoms with E-state index in [1.54, 1.807) is 20.2 Å². The fraction of sp³-hybridized carbons (Fsp3) is 0.625. The molecule has 1 fully saturated rings. The third kappa shape index (κ3) is 5.41. The van der Waals surface area contributed by atoms with Crippen molar-refractivity contribution in [2.24, 2.45) is 11.8 Å². The van der Waals surface area contributed by atoms with Gasteiger partial charge in [-0.25, -0.2) is 4.98 Å². The maximum absolute atomic E-state index is 12.1. The number of fused-ring (bicyclic) bond motifs is 1. The second-order valence-corrected chi connectivity index (χ2v) is 7.66. The van der Waals surface area contributed by atoms with E-state index in [0.717, 1.165) is 19.3 Å². The van der Waals surface area contributed by atoms with Gasteiger partial charge in [-0.05, 0) is 25.2 Å². The Balaban J connectivity index is 0.000000500. The zero-order valence-corrected chi connectivity index (χ0v) is 16.8. The van der Waals surface area contributed by atoms with E-state index in [2.05, 4.69) is 24.8 Å². The summed E-state index contributed by atoms with van der Waals surface area (Å²) in [6.45, 7) is 3.71. The van der Waals surface area contributed by atoms with Gasteiger partial charge in [-0.2, -0.15) is 4.98 Å². The summed E-state index contributed by atoms with van der Waals surface area (Å²) < 4.78 is 15.0. The summed E-state index contributed by atoms with van der Waals surface area (Å²) >= 11 is 0. The van der Waals surface area contributed by atoms with Crippen LogP contribution in [-0.4, -0.2) is 49.1 Å². The first kappa shape index (κ1) is 22.1. The van der Waals surface area contributed by atoms with Gasteiger partial charge in [0.1, 0.15) is 0 Å². The highest BCUT2D eigenvalue weighted by Gasteiger charge is 2.27. The molecule has 11 nitrogen and oxygen atoms in total. The SMILES string of the molecule is CC(C)C(=O)Nc1nc2c(ncn2C2CCC(CO)C2)c(=O)[nH]1.CO[P+](=O)O. The summed E-state index contributed by atoms with van der Waals surface area (Å²) in [6, 6.07) is 0.167. The molecule has 3 atom stereocenters. The molecule has 0 spiro atoms. The van der Waals surface area contributed by atoms with Crippen molar-refractivity contribution in [3.63, 3.8) is 0 Å². The number of carbonyl (C=O) groups is 1. The highest BCUT2D eigenvalue weighted by molar-refractivity contribution is 7.32. The molecule has 12 heteroatoms. The lowest BCUT2D eigenvalue weighted by Crippen LogP contribution is -2.22. The van der Waals surface area contributed by atoms with Crippen LogP contribution >= 0.6 is 8.25 Å². The molecule has 154 valence electrons. The van der Waals surface area contributed by atoms with Crippen molar-refractivity contribution >= 4 is 31.3 Å². The third-order valence-electron chi connectivity index (χ3n) is 4.52. The predicted octanol–water partition coefficient (Wildman–Crippen LogP) is 1.33. The van der Waals surface area contributed by atoms with Crippen molar-refractivity contribution in [3.05, 3.63) is 16.7 Å². The van der Waals surface area contributed by atoms with Gasteiger partial charge in [-0.3, -0.25) is 19.9 Å². The first-order valence-electron chi connectivity index (χ1n) is 8.85. The van der Waals surface area contributed by atoms with E-state index in [9.17, 15) is 19.3 Å². The van der Waals surface area contributed by atoms with Crippen LogP contribution < -0.4 is 10.9 Å². The lowest BCUT2D eigenvalue weighted by molar-refractivity contribution is -0.118. The first-order valence-corrected chi connectivity index (χ1v) is 9.98. The molecule has 2 aromatic rings. The largest absolute Gasteiger partial charge is 0.694 e. The average Bonchev–Trinajstić information content (AvgIpc) is 3.28. The molecule has 1 aliphatic rings. The van der Waals surface area contributed by atoms with Gasteiger partial charge < -0.3 is 9.67 Å². The van der Waals surface area contributed by atoms with Crippen molar-refractivity contribution in [2.45, 2.75) is 39.2 Å². The molecule has 3 rings (SSSR count). The number of imidazole rings is 1. The summed E-state index contributed by atoms with van der Waals surface area (Å²) in [5.74, 6) is 0.0000429. The third-order valence-corrected chi connectivity index (χ3v) is 4.83. The molecular weight excluding hydrogens is 389 g/mol. The number of hydrogen-bond acceptors (Lipinski definition) is 7. The number of rotatable bonds is 5. The van der Waals surface area contributed by atoms with Crippen molar-refractivity contribution in [1.29, 1.82) is 0 Å². The highest BCUT2D eigenvalue weighted by atomic mass is 31.1. The molecule has 28 heavy (non-hydrogen) atoms. The fourth-order valence-corrected chi connectivity index (χ4v) is 2.98. The molecule has 1 saturated carbocycles. The van der Waals surface area contributed by atoms with Crippen LogP contribution in [0, 0.1) is 11.8 Å². The number of anilines is 1. The molecule has 1 amide bonds. The minimum atomic E-state index is -2.35. The number of aliphatic hydroxyl groups excluding tert-OH is 1. The Morgan fingerprint density at radius 1 is 1.50 bits per heavy atom. The average molecular weight is 414 g/mol. The van der Waals surface area contributed by atoms with Gasteiger partial charge in [0.05, 0.1) is 13.4 Å². The minimum Gasteiger partial charge on any atom is -0.396 e. The van der Waals surface area contributed by atoms with Crippen LogP contribution in [0.5, 0.6) is 0 Å². The van der Waals surface area contributed by atoms with E-state index < -0.39 is 8.25 Å². The molecule has 1 aliphatic carbocycles. The number of amides is 1. The van der Waals surface area contributed by atoms with E-state index in [-0.39, 0.29) is 47.4 Å². The lowest BCUT2D eigenvalue weighted by Gasteiger charge is -2.13. The van der Waals surface area contributed by atoms with E-state index in [1.165, 1.54) is 7.11 Å². The maximum Gasteiger partial charge on any atom is 0.694 e. The van der Waals surface area contributed by atoms with Crippen LogP contribution in [-0.2, 0) is 13.9 Å². The first-order chi connectivity index (χ1) is 13.3. The molecule has 4 N–H and O–H groups in total. The zero-order chi connectivity index (χ0) is 20.8. The second kappa shape index (κ2) is 9.83. The topological polar surface area (TPSA) is 159 Å². The van der Waals surface area contributed by atoms with Crippen LogP contribution in [0.2, 0.25) is 0 Å². The van der Waals surface area contributed by atoms with Crippen LogP contribution in [0.25, 0.3) is 11.2 Å². The van der Waals surface area contributed by atoms with Gasteiger partial charge in [-0.1, -0.05) is 13.8 Å². The fourth-order valence-electron chi connectivity index (χ4n) is 2.98. The molecule has 2 heterocycles. The Bertz CT molecular complexity index is 895. The maximum atomic E-state index is 12.1. The number of aliphatic hydroxyl groups is 1. The Morgan fingerprint density at radius 2 is 2.18 bits per heavy atom. The number of nitrogens with one attached hydrogen (secondary N) is 2. The van der Waals surface area contributed by atoms with Gasteiger partial charge in [-0.15, -0.1) is 9.42 Å². The van der Waals surface area contributed by atoms with Crippen LogP contribution in [0.4, 0.5) is 5.95 Å². The van der Waals surface area contributed by atoms with E-state index in [4.69, 9.17) is 4.89 Å². The van der Waals surface area contributed by atoms with E-state index in [1.807, 2.05) is 4.57 Å². The summed E-state index contributed by atoms with van der Waals surface area (Å²) in [5.41, 5.74) is 0.362. The number of hydrogen-bond donors (Lipinski definition) is 4. The van der Waals surface area contributed by atoms with Gasteiger partial charge in [0, 0.05) is 23.1 Å². The Morgan fingerprint density at radius 3 is 2.71 bits per heavy atom. The number of H-pyrrole nitrogens is 1. The summed E-state index contributed by atoms with van der Waals surface area (Å²) in [6.07, 6.45) is 4.31. The highest BCUT2D eigenvalue weighted by Crippen LogP contribution is 2.35. The number of nitrogens with zero attached hydrogens (tertiary/aromatic N) is 3. The summed E-state index contributed by atoms with van der Waals surface area (Å²) in [4.78, 5) is 42.6. The monoisotopic (exact) mass is 414 g/mol. The summed E-state index contributed by atoms with van der Waals surface area (Å²) in [7, 11) is -1.18. The van der Waals surface area contributed by atoms with Crippen molar-refractivity contribution < 1.29 is 23.9 Å². The van der Waals surface area contributed by atoms with Gasteiger partial charge in [0.15, 0.2) is 11.2 Å². The van der Waals surface area contributed by atoms with Gasteiger partial charge in [0.2, 0.25) is 11.9 Å². The van der Waals surface area contributed by atoms with Crippen molar-refractivity contribution in [1.82, 2.24) is 19.5 Å². The van der Waals surface area contributed by atoms with E-state index >= 15 is 0 Å². The quantitative estimate of drug-likeness (QED) is 0.533. The molecule has 2 aromatic heterocycles. The van der Waals surface area contributed by atoms with Crippen LogP contribution in [0.15, 0.2) is 11.1 Å². The molecule has 3 unspecified atom stereocenters. The molecule has 0 bridgehead atoms. The zero-order valence-electron chi connectivity index (χ0n) is 16.0. The van der Waals surface area contributed by atoms with Gasteiger partial charge in [0.25, 0.3) is 5.56 Å². The van der Waals surface area contributed by atoms with Gasteiger partial charge >= 0.3 is 8.25 Å². The van der Waals surface area contributed by atoms with Crippen LogP contribution in [0.1, 0.15) is 39.2 Å². The standard InChI is InChI=1S/C15H21N5O3.CH3O3P/c1-8(2)13(22)18-15-17-12-11(14(23)19-15)16-7-20(12)10-4-3-9(5-10)6-21;1-4-5(2)3/h7-10,21H,3-6H2,1-2H3,(H2,17,18,19,22,23);1H3/p+1. The molecule has 0 saturated heterocycles. The Hall–Kier alpha value is -2.20. The smallest absolute Gasteiger partial charge is 0.396 e. The Kier molecular flexibility index (Phi) is 7.76. The normalized spacial score (nSPS) is 19.4. The molecule has 0 aromatic carbocycles. The lowest BCUT2D eigenvalue weighted by atomic mass is 10.1. The minimum absolute atomic E-state index is 0.139. The number of aromatic nitrogens is 4.